The Morgan fingerprint density at radius 1 is 1.24 bits per heavy atom. The molecule has 5 heteroatoms. The van der Waals surface area contributed by atoms with Gasteiger partial charge in [0.1, 0.15) is 11.5 Å². The second-order valence-electron chi connectivity index (χ2n) is 6.44. The third-order valence-corrected chi connectivity index (χ3v) is 5.25. The van der Waals surface area contributed by atoms with Crippen LogP contribution in [-0.2, 0) is 17.8 Å². The molecule has 1 aromatic carbocycles. The van der Waals surface area contributed by atoms with Crippen molar-refractivity contribution in [1.29, 1.82) is 0 Å². The fourth-order valence-electron chi connectivity index (χ4n) is 2.82. The summed E-state index contributed by atoms with van der Waals surface area (Å²) in [7, 11) is 0. The number of ether oxygens (including phenoxy) is 1. The predicted octanol–water partition coefficient (Wildman–Crippen LogP) is 5.05. The number of aryl methyl sites for hydroxylation is 1. The summed E-state index contributed by atoms with van der Waals surface area (Å²) >= 11 is 1.80. The Balaban J connectivity index is 0.00000145. The highest BCUT2D eigenvalue weighted by Crippen LogP contribution is 2.23. The van der Waals surface area contributed by atoms with E-state index in [0.717, 1.165) is 30.8 Å². The third kappa shape index (κ3) is 7.37. The molecule has 0 atom stereocenters. The smallest absolute Gasteiger partial charge is 0.244 e. The maximum absolute atomic E-state index is 11.3. The molecule has 0 bridgehead atoms. The van der Waals surface area contributed by atoms with Crippen molar-refractivity contribution < 1.29 is 9.53 Å². The molecule has 0 unspecified atom stereocenters. The zero-order chi connectivity index (χ0) is 21.1. The molecule has 0 radical (unpaired) electrons. The molecule has 4 nitrogen and oxygen atoms in total. The van der Waals surface area contributed by atoms with E-state index in [1.807, 2.05) is 39.0 Å². The molecule has 0 aliphatic heterocycles. The Labute approximate surface area is 177 Å². The molecule has 0 spiro atoms. The number of nitrogens with one attached hydrogen (secondary N) is 1. The molecule has 1 heterocycles. The lowest BCUT2D eigenvalue weighted by Crippen LogP contribution is -2.16. The summed E-state index contributed by atoms with van der Waals surface area (Å²) in [6, 6.07) is 10.5. The van der Waals surface area contributed by atoms with Gasteiger partial charge in [0.25, 0.3) is 0 Å². The van der Waals surface area contributed by atoms with Crippen LogP contribution in [0.25, 0.3) is 0 Å². The summed E-state index contributed by atoms with van der Waals surface area (Å²) in [6.45, 7) is 7.83. The van der Waals surface area contributed by atoms with Crippen molar-refractivity contribution in [2.24, 2.45) is 5.73 Å². The number of allylic oxidation sites excluding steroid dienone is 4. The van der Waals surface area contributed by atoms with E-state index in [1.165, 1.54) is 10.4 Å². The standard InChI is InChI=1S/C22H24N2O2S.C2H6/c1-16-14-17(15-24-12-11-20-6-3-13-27-20)7-10-21(16)26-19-5-2-4-18(8-9-19)22(23)25;1-2/h2-3,5-10,13-14,24H,4,11-12,15H2,1H3,(H2,23,25);1-2H3. The summed E-state index contributed by atoms with van der Waals surface area (Å²) in [5.74, 6) is 1.10. The molecule has 1 aromatic heterocycles. The highest BCUT2D eigenvalue weighted by atomic mass is 32.1. The van der Waals surface area contributed by atoms with Gasteiger partial charge in [0.2, 0.25) is 5.91 Å². The lowest BCUT2D eigenvalue weighted by Gasteiger charge is -2.11. The number of rotatable bonds is 8. The highest BCUT2D eigenvalue weighted by molar-refractivity contribution is 7.09. The molecule has 29 heavy (non-hydrogen) atoms. The summed E-state index contributed by atoms with van der Waals surface area (Å²) in [5, 5.41) is 5.60. The summed E-state index contributed by atoms with van der Waals surface area (Å²) < 4.78 is 5.98. The number of amides is 1. The Morgan fingerprint density at radius 2 is 2.07 bits per heavy atom. The van der Waals surface area contributed by atoms with E-state index in [4.69, 9.17) is 10.5 Å². The van der Waals surface area contributed by atoms with Gasteiger partial charge in [0.05, 0.1) is 0 Å². The second-order valence-corrected chi connectivity index (χ2v) is 7.47. The summed E-state index contributed by atoms with van der Waals surface area (Å²) in [5.41, 5.74) is 8.21. The van der Waals surface area contributed by atoms with Gasteiger partial charge >= 0.3 is 0 Å². The number of thiophene rings is 1. The van der Waals surface area contributed by atoms with Gasteiger partial charge in [0.15, 0.2) is 0 Å². The molecular formula is C24H30N2O2S. The van der Waals surface area contributed by atoms with E-state index in [-0.39, 0.29) is 0 Å². The van der Waals surface area contributed by atoms with E-state index in [0.29, 0.717) is 17.8 Å². The van der Waals surface area contributed by atoms with Gasteiger partial charge in [-0.15, -0.1) is 11.3 Å². The summed E-state index contributed by atoms with van der Waals surface area (Å²) in [6.07, 6.45) is 8.83. The van der Waals surface area contributed by atoms with E-state index < -0.39 is 5.91 Å². The molecule has 0 saturated carbocycles. The monoisotopic (exact) mass is 410 g/mol. The molecule has 1 aliphatic rings. The van der Waals surface area contributed by atoms with Crippen LogP contribution < -0.4 is 15.8 Å². The van der Waals surface area contributed by atoms with E-state index in [1.54, 1.807) is 23.5 Å². The molecule has 1 amide bonds. The minimum atomic E-state index is -0.399. The minimum absolute atomic E-state index is 0.399. The van der Waals surface area contributed by atoms with Gasteiger partial charge in [-0.1, -0.05) is 38.1 Å². The van der Waals surface area contributed by atoms with Gasteiger partial charge < -0.3 is 15.8 Å². The van der Waals surface area contributed by atoms with Crippen molar-refractivity contribution in [3.05, 3.63) is 87.4 Å². The molecule has 0 fully saturated rings. The number of benzene rings is 1. The largest absolute Gasteiger partial charge is 0.457 e. The van der Waals surface area contributed by atoms with Gasteiger partial charge in [-0.2, -0.15) is 0 Å². The maximum atomic E-state index is 11.3. The number of hydrogen-bond donors (Lipinski definition) is 2. The molecule has 1 aliphatic carbocycles. The van der Waals surface area contributed by atoms with Gasteiger partial charge in [-0.05, 0) is 66.6 Å². The van der Waals surface area contributed by atoms with Crippen LogP contribution in [-0.4, -0.2) is 12.5 Å². The summed E-state index contributed by atoms with van der Waals surface area (Å²) in [4.78, 5) is 12.7. The van der Waals surface area contributed by atoms with Crippen LogP contribution in [0.5, 0.6) is 5.75 Å². The zero-order valence-corrected chi connectivity index (χ0v) is 18.2. The Kier molecular flexibility index (Phi) is 9.41. The molecule has 0 saturated heterocycles. The van der Waals surface area contributed by atoms with Crippen LogP contribution >= 0.6 is 11.3 Å². The first kappa shape index (κ1) is 22.7. The number of hydrogen-bond acceptors (Lipinski definition) is 4. The van der Waals surface area contributed by atoms with Gasteiger partial charge in [0, 0.05) is 23.5 Å². The third-order valence-electron chi connectivity index (χ3n) is 4.31. The van der Waals surface area contributed by atoms with Crippen LogP contribution in [0.1, 0.15) is 36.3 Å². The first-order chi connectivity index (χ1) is 14.1. The highest BCUT2D eigenvalue weighted by Gasteiger charge is 2.08. The number of carbonyl (C=O) groups is 1. The van der Waals surface area contributed by atoms with Crippen LogP contribution in [0.4, 0.5) is 0 Å². The van der Waals surface area contributed by atoms with Crippen LogP contribution in [0.2, 0.25) is 0 Å². The lowest BCUT2D eigenvalue weighted by molar-refractivity contribution is -0.114. The fourth-order valence-corrected chi connectivity index (χ4v) is 3.53. The van der Waals surface area contributed by atoms with Crippen molar-refractivity contribution in [2.45, 2.75) is 40.2 Å². The van der Waals surface area contributed by atoms with Crippen LogP contribution in [0, 0.1) is 6.92 Å². The molecule has 3 N–H and O–H groups in total. The topological polar surface area (TPSA) is 64.3 Å². The first-order valence-electron chi connectivity index (χ1n) is 9.99. The van der Waals surface area contributed by atoms with Crippen molar-refractivity contribution in [1.82, 2.24) is 5.32 Å². The predicted molar refractivity (Wildman–Crippen MR) is 122 cm³/mol. The number of carbonyl (C=O) groups excluding carboxylic acids is 1. The van der Waals surface area contributed by atoms with E-state index >= 15 is 0 Å². The van der Waals surface area contributed by atoms with Crippen molar-refractivity contribution in [2.75, 3.05) is 6.54 Å². The maximum Gasteiger partial charge on any atom is 0.244 e. The van der Waals surface area contributed by atoms with E-state index in [9.17, 15) is 4.79 Å². The second kappa shape index (κ2) is 12.0. The van der Waals surface area contributed by atoms with E-state index in [2.05, 4.69) is 35.0 Å². The quantitative estimate of drug-likeness (QED) is 0.599. The Bertz CT molecular complexity index is 880. The minimum Gasteiger partial charge on any atom is -0.457 e. The lowest BCUT2D eigenvalue weighted by atomic mass is 10.1. The Morgan fingerprint density at radius 3 is 2.76 bits per heavy atom. The van der Waals surface area contributed by atoms with Crippen molar-refractivity contribution in [3.63, 3.8) is 0 Å². The Hall–Kier alpha value is -2.63. The molecule has 154 valence electrons. The van der Waals surface area contributed by atoms with Crippen LogP contribution in [0.3, 0.4) is 0 Å². The molecular weight excluding hydrogens is 380 g/mol. The SMILES string of the molecule is CC.Cc1cc(CNCCc2cccs2)ccc1OC1=CC=C(C(N)=O)CC=C1. The average Bonchev–Trinajstić information content (AvgIpc) is 3.13. The molecule has 3 rings (SSSR count). The normalized spacial score (nSPS) is 12.9. The van der Waals surface area contributed by atoms with Gasteiger partial charge in [-0.25, -0.2) is 0 Å². The van der Waals surface area contributed by atoms with Crippen molar-refractivity contribution in [3.8, 4) is 5.75 Å². The number of primary amides is 1. The van der Waals surface area contributed by atoms with Gasteiger partial charge in [-0.3, -0.25) is 4.79 Å². The zero-order valence-electron chi connectivity index (χ0n) is 17.4. The first-order valence-corrected chi connectivity index (χ1v) is 10.9. The molecule has 2 aromatic rings. The number of nitrogens with two attached hydrogens (primary N) is 1. The average molecular weight is 411 g/mol. The van der Waals surface area contributed by atoms with Crippen molar-refractivity contribution >= 4 is 17.2 Å². The fraction of sp³-hybridized carbons (Fsp3) is 0.292. The van der Waals surface area contributed by atoms with Crippen LogP contribution in [0.15, 0.2) is 71.3 Å².